The molecule has 0 atom stereocenters. The summed E-state index contributed by atoms with van der Waals surface area (Å²) in [6.45, 7) is 12.2. The Balaban J connectivity index is 0.00000420. The Morgan fingerprint density at radius 1 is 1.21 bits per heavy atom. The maximum absolute atomic E-state index is 5.84. The summed E-state index contributed by atoms with van der Waals surface area (Å²) in [6, 6.07) is 0. The third kappa shape index (κ3) is 8.80. The van der Waals surface area contributed by atoms with E-state index in [0.29, 0.717) is 12.5 Å². The number of aliphatic imine (C=N–C) groups is 1. The lowest BCUT2D eigenvalue weighted by atomic mass is 10.0. The molecule has 0 spiro atoms. The molecule has 1 fully saturated rings. The molecular weight excluding hydrogens is 481 g/mol. The molecule has 1 aliphatic heterocycles. The van der Waals surface area contributed by atoms with Gasteiger partial charge in [0.1, 0.15) is 0 Å². The van der Waals surface area contributed by atoms with Crippen LogP contribution in [0.3, 0.4) is 0 Å². The molecule has 0 bridgehead atoms. The van der Waals surface area contributed by atoms with Gasteiger partial charge in [-0.2, -0.15) is 5.10 Å². The Morgan fingerprint density at radius 3 is 2.62 bits per heavy atom. The zero-order valence-corrected chi connectivity index (χ0v) is 21.0. The van der Waals surface area contributed by atoms with Crippen molar-refractivity contribution in [3.05, 3.63) is 17.0 Å². The summed E-state index contributed by atoms with van der Waals surface area (Å²) >= 11 is 0. The second-order valence-corrected chi connectivity index (χ2v) is 7.31. The van der Waals surface area contributed by atoms with Crippen molar-refractivity contribution in [2.45, 2.75) is 59.4 Å². The summed E-state index contributed by atoms with van der Waals surface area (Å²) in [5, 5.41) is 11.4. The third-order valence-corrected chi connectivity index (χ3v) is 5.22. The highest BCUT2D eigenvalue weighted by Gasteiger charge is 2.14. The molecule has 0 radical (unpaired) electrons. The van der Waals surface area contributed by atoms with Gasteiger partial charge in [-0.1, -0.05) is 13.8 Å². The average Bonchev–Trinajstić information content (AvgIpc) is 3.03. The maximum Gasteiger partial charge on any atom is 0.191 e. The van der Waals surface area contributed by atoms with Crippen LogP contribution >= 0.6 is 24.0 Å². The SMILES string of the molecule is CCNC(=NCc1c(CC)nn(C)c1CC)NCCCOCC1CCOCC1.I. The van der Waals surface area contributed by atoms with Crippen molar-refractivity contribution in [2.24, 2.45) is 18.0 Å². The van der Waals surface area contributed by atoms with E-state index in [1.807, 2.05) is 11.7 Å². The molecule has 1 aliphatic rings. The Morgan fingerprint density at radius 2 is 1.97 bits per heavy atom. The Kier molecular flexibility index (Phi) is 13.5. The number of aromatic nitrogens is 2. The first-order valence-corrected chi connectivity index (χ1v) is 10.9. The molecule has 2 N–H and O–H groups in total. The summed E-state index contributed by atoms with van der Waals surface area (Å²) in [6.07, 6.45) is 5.14. The molecule has 0 saturated carbocycles. The smallest absolute Gasteiger partial charge is 0.191 e. The molecular formula is C21H40IN5O2. The van der Waals surface area contributed by atoms with Gasteiger partial charge in [-0.05, 0) is 44.9 Å². The molecule has 168 valence electrons. The Hall–Kier alpha value is -0.870. The fraction of sp³-hybridized carbons (Fsp3) is 0.810. The van der Waals surface area contributed by atoms with Gasteiger partial charge in [-0.15, -0.1) is 24.0 Å². The minimum atomic E-state index is 0. The molecule has 7 nitrogen and oxygen atoms in total. The van der Waals surface area contributed by atoms with E-state index in [4.69, 9.17) is 14.5 Å². The van der Waals surface area contributed by atoms with Crippen LogP contribution in [0, 0.1) is 5.92 Å². The van der Waals surface area contributed by atoms with Gasteiger partial charge >= 0.3 is 0 Å². The summed E-state index contributed by atoms with van der Waals surface area (Å²) in [4.78, 5) is 4.79. The first-order chi connectivity index (χ1) is 13.7. The average molecular weight is 521 g/mol. The number of ether oxygens (including phenoxy) is 2. The van der Waals surface area contributed by atoms with Gasteiger partial charge in [0.25, 0.3) is 0 Å². The lowest BCUT2D eigenvalue weighted by Gasteiger charge is -2.21. The number of guanidine groups is 1. The van der Waals surface area contributed by atoms with E-state index in [9.17, 15) is 0 Å². The minimum absolute atomic E-state index is 0. The normalized spacial score (nSPS) is 15.2. The van der Waals surface area contributed by atoms with Gasteiger partial charge in [-0.3, -0.25) is 4.68 Å². The molecule has 0 unspecified atom stereocenters. The van der Waals surface area contributed by atoms with E-state index in [0.717, 1.165) is 83.3 Å². The van der Waals surface area contributed by atoms with Crippen LogP contribution < -0.4 is 10.6 Å². The topological polar surface area (TPSA) is 72.7 Å². The zero-order chi connectivity index (χ0) is 20.2. The van der Waals surface area contributed by atoms with Gasteiger partial charge in [0.15, 0.2) is 5.96 Å². The van der Waals surface area contributed by atoms with E-state index in [1.54, 1.807) is 0 Å². The van der Waals surface area contributed by atoms with Gasteiger partial charge < -0.3 is 20.1 Å². The van der Waals surface area contributed by atoms with Crippen LogP contribution in [0.15, 0.2) is 4.99 Å². The molecule has 0 amide bonds. The fourth-order valence-electron chi connectivity index (χ4n) is 3.62. The van der Waals surface area contributed by atoms with E-state index < -0.39 is 0 Å². The van der Waals surface area contributed by atoms with Gasteiger partial charge in [0.2, 0.25) is 0 Å². The largest absolute Gasteiger partial charge is 0.381 e. The zero-order valence-electron chi connectivity index (χ0n) is 18.6. The monoisotopic (exact) mass is 521 g/mol. The number of halogens is 1. The van der Waals surface area contributed by atoms with Crippen LogP contribution in [0.25, 0.3) is 0 Å². The number of hydrogen-bond acceptors (Lipinski definition) is 4. The molecule has 2 rings (SSSR count). The van der Waals surface area contributed by atoms with E-state index in [2.05, 4.69) is 36.5 Å². The van der Waals surface area contributed by atoms with Crippen LogP contribution in [0.5, 0.6) is 0 Å². The van der Waals surface area contributed by atoms with Crippen LogP contribution in [0.2, 0.25) is 0 Å². The van der Waals surface area contributed by atoms with Crippen molar-refractivity contribution in [3.8, 4) is 0 Å². The first-order valence-electron chi connectivity index (χ1n) is 10.9. The first kappa shape index (κ1) is 26.2. The number of nitrogens with one attached hydrogen (secondary N) is 2. The van der Waals surface area contributed by atoms with Crippen molar-refractivity contribution in [1.82, 2.24) is 20.4 Å². The number of rotatable bonds is 11. The molecule has 8 heteroatoms. The molecule has 29 heavy (non-hydrogen) atoms. The summed E-state index contributed by atoms with van der Waals surface area (Å²) in [5.74, 6) is 1.53. The summed E-state index contributed by atoms with van der Waals surface area (Å²) in [5.41, 5.74) is 3.70. The highest BCUT2D eigenvalue weighted by molar-refractivity contribution is 14.0. The van der Waals surface area contributed by atoms with Crippen LogP contribution in [0.4, 0.5) is 0 Å². The molecule has 1 saturated heterocycles. The third-order valence-electron chi connectivity index (χ3n) is 5.22. The second kappa shape index (κ2) is 15.0. The highest BCUT2D eigenvalue weighted by atomic mass is 127. The molecule has 2 heterocycles. The standard InChI is InChI=1S/C21H39N5O2.HI/c1-5-19-18(20(6-2)26(4)25-19)15-24-21(22-7-3)23-11-8-12-28-16-17-9-13-27-14-10-17;/h17H,5-16H2,1-4H3,(H2,22,23,24);1H. The van der Waals surface area contributed by atoms with Gasteiger partial charge in [0, 0.05) is 57.8 Å². The predicted octanol–water partition coefficient (Wildman–Crippen LogP) is 3.05. The number of nitrogens with zero attached hydrogens (tertiary/aromatic N) is 3. The van der Waals surface area contributed by atoms with Crippen LogP contribution in [0.1, 0.15) is 57.0 Å². The van der Waals surface area contributed by atoms with Crippen molar-refractivity contribution < 1.29 is 9.47 Å². The molecule has 0 aliphatic carbocycles. The minimum Gasteiger partial charge on any atom is -0.381 e. The Labute approximate surface area is 193 Å². The Bertz CT molecular complexity index is 600. The lowest BCUT2D eigenvalue weighted by Crippen LogP contribution is -2.38. The maximum atomic E-state index is 5.84. The highest BCUT2D eigenvalue weighted by Crippen LogP contribution is 2.16. The van der Waals surface area contributed by atoms with E-state index in [-0.39, 0.29) is 24.0 Å². The fourth-order valence-corrected chi connectivity index (χ4v) is 3.62. The lowest BCUT2D eigenvalue weighted by molar-refractivity contribution is 0.0203. The van der Waals surface area contributed by atoms with Crippen LogP contribution in [-0.4, -0.2) is 55.3 Å². The van der Waals surface area contributed by atoms with Gasteiger partial charge in [-0.25, -0.2) is 4.99 Å². The quantitative estimate of drug-likeness (QED) is 0.203. The summed E-state index contributed by atoms with van der Waals surface area (Å²) in [7, 11) is 2.02. The van der Waals surface area contributed by atoms with Gasteiger partial charge in [0.05, 0.1) is 12.2 Å². The van der Waals surface area contributed by atoms with E-state index >= 15 is 0 Å². The number of hydrogen-bond donors (Lipinski definition) is 2. The van der Waals surface area contributed by atoms with Crippen molar-refractivity contribution in [1.29, 1.82) is 0 Å². The van der Waals surface area contributed by atoms with Crippen molar-refractivity contribution in [2.75, 3.05) is 39.5 Å². The summed E-state index contributed by atoms with van der Waals surface area (Å²) < 4.78 is 13.2. The predicted molar refractivity (Wildman–Crippen MR) is 129 cm³/mol. The van der Waals surface area contributed by atoms with E-state index in [1.165, 1.54) is 11.3 Å². The van der Waals surface area contributed by atoms with Crippen molar-refractivity contribution in [3.63, 3.8) is 0 Å². The molecule has 0 aromatic carbocycles. The van der Waals surface area contributed by atoms with Crippen molar-refractivity contribution >= 4 is 29.9 Å². The van der Waals surface area contributed by atoms with Crippen LogP contribution in [-0.2, 0) is 35.9 Å². The molecule has 1 aromatic heterocycles. The number of aryl methyl sites for hydroxylation is 2. The second-order valence-electron chi connectivity index (χ2n) is 7.31. The molecule has 1 aromatic rings.